The quantitative estimate of drug-likeness (QED) is 0.0785. The standard InChI is InChI=1S/C58H37N3S.C40H26ClN3.C25H25BO2.CH4.BI/c1-4-16-38(17-5-1)39-30-34-41(35-31-39)55-59-56(42-36-32-40(33-37-42)45-24-14-25-47-46-22-11-13-29-52(46)62-54(45)47)61-57(60-55)49-26-15-28-51-53(49)48-23-10-12-27-50(48)58(51,43-18-6-2-7-19-43)44-20-8-3-9-21-44;41-39-43-37(29-25-23-28(24-26-29)27-13-4-1-5-14-27)42-38(44-39)33-20-12-22-35-36(33)32-19-10-11-21-34(32)40(35,30-15-6-2-7-16-30)31-17-8-3-9-18-31;1-24(2)25(3,4)28-26(27-24)19-14-12-17(13-15-19)20-10-7-11-22-21-9-6-5-8-18(21)16-23(20)22;;1-2/h1-37H;1-26H;5-15H,16H2,1-4H3;1H4;. The van der Waals surface area contributed by atoms with E-state index >= 15 is 0 Å². The molecule has 0 spiro atoms. The number of halogens is 2. The van der Waals surface area contributed by atoms with Gasteiger partial charge in [-0.1, -0.05) is 450 Å². The van der Waals surface area contributed by atoms with Gasteiger partial charge in [-0.05, 0) is 191 Å². The van der Waals surface area contributed by atoms with Crippen molar-refractivity contribution in [3.63, 3.8) is 0 Å². The monoisotopic (exact) mass is 1910 g/mol. The summed E-state index contributed by atoms with van der Waals surface area (Å²) in [6.07, 6.45) is 1.00. The van der Waals surface area contributed by atoms with Crippen LogP contribution >= 0.6 is 45.3 Å². The van der Waals surface area contributed by atoms with E-state index in [4.69, 9.17) is 40.8 Å². The normalized spacial score (nSPS) is 13.7. The number of hydrogen-bond acceptors (Lipinski definition) is 9. The molecule has 137 heavy (non-hydrogen) atoms. The average molecular weight is 1910 g/mol. The second-order valence-corrected chi connectivity index (χ2v) is 37.1. The highest BCUT2D eigenvalue weighted by atomic mass is 127. The molecule has 25 rings (SSSR count). The first kappa shape index (κ1) is 88.8. The van der Waals surface area contributed by atoms with Crippen molar-refractivity contribution in [3.8, 4) is 135 Å². The van der Waals surface area contributed by atoms with E-state index in [-0.39, 0.29) is 31.0 Å². The first-order chi connectivity index (χ1) is 66.8. The van der Waals surface area contributed by atoms with Crippen molar-refractivity contribution in [2.24, 2.45) is 0 Å². The van der Waals surface area contributed by atoms with Crippen LogP contribution in [0.4, 0.5) is 0 Å². The molecule has 0 unspecified atom stereocenters. The minimum atomic E-state index is -0.538. The van der Waals surface area contributed by atoms with Gasteiger partial charge < -0.3 is 9.31 Å². The number of aromatic nitrogens is 6. The van der Waals surface area contributed by atoms with Gasteiger partial charge in [0.05, 0.1) is 22.0 Å². The zero-order chi connectivity index (χ0) is 92.1. The number of rotatable bonds is 14. The van der Waals surface area contributed by atoms with E-state index in [2.05, 4.69) is 456 Å². The molecule has 0 saturated carbocycles. The minimum Gasteiger partial charge on any atom is -0.399 e. The highest BCUT2D eigenvalue weighted by molar-refractivity contribution is 14.1. The summed E-state index contributed by atoms with van der Waals surface area (Å²) in [5.74, 6) is 2.99. The van der Waals surface area contributed by atoms with Gasteiger partial charge in [0.2, 0.25) is 5.28 Å². The van der Waals surface area contributed by atoms with E-state index in [1.807, 2.05) is 47.7 Å². The van der Waals surface area contributed by atoms with Gasteiger partial charge in [-0.2, -0.15) is 32.3 Å². The summed E-state index contributed by atoms with van der Waals surface area (Å²) in [6, 6.07) is 160. The Morgan fingerprint density at radius 1 is 0.277 bits per heavy atom. The van der Waals surface area contributed by atoms with Gasteiger partial charge in [0.1, 0.15) is 0 Å². The molecule has 3 aliphatic carbocycles. The Morgan fingerprint density at radius 3 is 1.08 bits per heavy atom. The lowest BCUT2D eigenvalue weighted by molar-refractivity contribution is 0.00578. The zero-order valence-electron chi connectivity index (χ0n) is 75.2. The molecule has 13 heteroatoms. The Morgan fingerprint density at radius 2 is 0.591 bits per heavy atom. The molecule has 2 radical (unpaired) electrons. The molecule has 21 aromatic rings. The number of benzene rings is 18. The van der Waals surface area contributed by atoms with E-state index in [0.29, 0.717) is 29.1 Å². The van der Waals surface area contributed by atoms with Gasteiger partial charge in [0.15, 0.2) is 34.8 Å². The second kappa shape index (κ2) is 37.5. The van der Waals surface area contributed by atoms with Crippen LogP contribution in [0.3, 0.4) is 0 Å². The SMILES string of the molecule is C.CC1(C)OB(c2ccc(-c3cccc4c3Cc3ccccc3-4)cc2)OC1(C)C.Clc1nc(-c2ccc(-c3ccccc3)cc2)nc(-c2cccc3c2-c2ccccc2C3(c2ccccc2)c2ccccc2)n1.[B]I.c1ccc(-c2ccc(-c3nc(-c4ccc(-c5cccc6c5sc5ccccc56)cc4)nc(-c4cccc5c4-c4ccccc4C5(c4ccccc4)c4ccccc4)n3)cc2)cc1. The fourth-order valence-corrected chi connectivity index (χ4v) is 22.0. The first-order valence-corrected chi connectivity index (χ1v) is 48.3. The highest BCUT2D eigenvalue weighted by Crippen LogP contribution is 2.61. The summed E-state index contributed by atoms with van der Waals surface area (Å²) < 4.78 is 15.0. The highest BCUT2D eigenvalue weighted by Gasteiger charge is 2.53. The fraction of sp³-hybridized carbons (Fsp3) is 0.0806. The van der Waals surface area contributed by atoms with Gasteiger partial charge >= 0.3 is 7.12 Å². The molecule has 8 nitrogen and oxygen atoms in total. The number of hydrogen-bond donors (Lipinski definition) is 0. The van der Waals surface area contributed by atoms with Crippen molar-refractivity contribution in [2.75, 3.05) is 0 Å². The topological polar surface area (TPSA) is 95.8 Å². The lowest BCUT2D eigenvalue weighted by atomic mass is 9.67. The van der Waals surface area contributed by atoms with Crippen LogP contribution in [0.25, 0.3) is 155 Å². The smallest absolute Gasteiger partial charge is 0.399 e. The summed E-state index contributed by atoms with van der Waals surface area (Å²) >= 11 is 10.1. The van der Waals surface area contributed by atoms with Crippen LogP contribution in [0.1, 0.15) is 90.8 Å². The molecule has 1 saturated heterocycles. The number of nitrogens with zero attached hydrogens (tertiary/aromatic N) is 6. The van der Waals surface area contributed by atoms with Gasteiger partial charge in [0.25, 0.3) is 0 Å². The molecule has 1 aliphatic heterocycles. The molecular formula is C124H92B2ClIN6O2S. The Bertz CT molecular complexity index is 7930. The molecule has 0 N–H and O–H groups in total. The number of thiophene rings is 1. The Labute approximate surface area is 824 Å². The van der Waals surface area contributed by atoms with E-state index < -0.39 is 10.8 Å². The summed E-state index contributed by atoms with van der Waals surface area (Å²) in [7, 11) is -0.315. The minimum absolute atomic E-state index is 0. The predicted molar refractivity (Wildman–Crippen MR) is 578 cm³/mol. The average Bonchev–Trinajstić information content (AvgIpc) is 1.54. The largest absolute Gasteiger partial charge is 0.494 e. The van der Waals surface area contributed by atoms with E-state index in [1.54, 1.807) is 22.4 Å². The Balaban J connectivity index is 0.000000130. The molecule has 0 amide bonds. The van der Waals surface area contributed by atoms with Gasteiger partial charge in [-0.15, -0.1) is 11.3 Å². The van der Waals surface area contributed by atoms with E-state index in [1.165, 1.54) is 115 Å². The predicted octanol–water partition coefficient (Wildman–Crippen LogP) is 31.2. The third kappa shape index (κ3) is 16.0. The van der Waals surface area contributed by atoms with Crippen LogP contribution in [0.15, 0.2) is 449 Å². The van der Waals surface area contributed by atoms with Crippen molar-refractivity contribution in [1.82, 2.24) is 29.9 Å². The van der Waals surface area contributed by atoms with Gasteiger partial charge in [-0.3, -0.25) is 0 Å². The third-order valence-electron chi connectivity index (χ3n) is 27.6. The maximum atomic E-state index is 6.61. The number of fused-ring (bicyclic) bond motifs is 12. The zero-order valence-corrected chi connectivity index (χ0v) is 79.0. The van der Waals surface area contributed by atoms with Crippen molar-refractivity contribution < 1.29 is 9.31 Å². The summed E-state index contributed by atoms with van der Waals surface area (Å²) in [6.45, 7) is 8.36. The molecular weight excluding hydrogens is 1820 g/mol. The molecule has 18 aromatic carbocycles. The van der Waals surface area contributed by atoms with Crippen LogP contribution in [0.2, 0.25) is 5.28 Å². The Hall–Kier alpha value is -14.7. The molecule has 1 fully saturated rings. The molecule has 656 valence electrons. The van der Waals surface area contributed by atoms with E-state index in [9.17, 15) is 0 Å². The lowest BCUT2D eigenvalue weighted by Crippen LogP contribution is -2.41. The van der Waals surface area contributed by atoms with Crippen LogP contribution in [0, 0.1) is 0 Å². The maximum absolute atomic E-state index is 6.61. The summed E-state index contributed by atoms with van der Waals surface area (Å²) in [4.78, 5) is 30.2. The van der Waals surface area contributed by atoms with Crippen LogP contribution in [0.5, 0.6) is 0 Å². The van der Waals surface area contributed by atoms with Crippen LogP contribution in [-0.2, 0) is 26.6 Å². The lowest BCUT2D eigenvalue weighted by Gasteiger charge is -2.33. The molecule has 4 heterocycles. The van der Waals surface area contributed by atoms with Crippen molar-refractivity contribution in [2.45, 2.75) is 63.6 Å². The van der Waals surface area contributed by atoms with Crippen molar-refractivity contribution in [1.29, 1.82) is 0 Å². The van der Waals surface area contributed by atoms with E-state index in [0.717, 1.165) is 78.6 Å². The summed E-state index contributed by atoms with van der Waals surface area (Å²) in [5, 5.41) is 2.75. The first-order valence-electron chi connectivity index (χ1n) is 45.9. The van der Waals surface area contributed by atoms with Crippen molar-refractivity contribution >= 4 is 83.8 Å². The van der Waals surface area contributed by atoms with Gasteiger partial charge in [0, 0.05) is 48.0 Å². The molecule has 0 bridgehead atoms. The van der Waals surface area contributed by atoms with Crippen LogP contribution < -0.4 is 5.46 Å². The molecule has 4 aliphatic rings. The molecule has 3 aromatic heterocycles. The summed E-state index contributed by atoms with van der Waals surface area (Å²) in [5.41, 5.74) is 38.0. The maximum Gasteiger partial charge on any atom is 0.494 e. The molecule has 0 atom stereocenters. The third-order valence-corrected chi connectivity index (χ3v) is 29.0. The van der Waals surface area contributed by atoms with Crippen molar-refractivity contribution in [3.05, 3.63) is 510 Å². The van der Waals surface area contributed by atoms with Crippen LogP contribution in [-0.4, -0.2) is 53.9 Å². The second-order valence-electron chi connectivity index (χ2n) is 35.7. The fourth-order valence-electron chi connectivity index (χ4n) is 20.6. The Kier molecular flexibility index (Phi) is 24.3. The van der Waals surface area contributed by atoms with Gasteiger partial charge in [-0.25, -0.2) is 19.9 Å².